The predicted molar refractivity (Wildman–Crippen MR) is 105 cm³/mol. The van der Waals surface area contributed by atoms with Gasteiger partial charge in [0.25, 0.3) is 5.91 Å². The molecule has 0 saturated carbocycles. The van der Waals surface area contributed by atoms with Crippen LogP contribution in [0, 0.1) is 6.92 Å². The number of anilines is 1. The number of nitrogens with one attached hydrogen (secondary N) is 1. The molecule has 0 fully saturated rings. The number of carbonyl (C=O) groups excluding carboxylic acids is 2. The van der Waals surface area contributed by atoms with Gasteiger partial charge in [-0.3, -0.25) is 9.59 Å². The average Bonchev–Trinajstić information content (AvgIpc) is 2.58. The first kappa shape index (κ1) is 20.0. The number of halogens is 1. The lowest BCUT2D eigenvalue weighted by molar-refractivity contribution is -0.152. The Hall–Kier alpha value is -2.33. The van der Waals surface area contributed by atoms with E-state index in [9.17, 15) is 9.59 Å². The maximum absolute atomic E-state index is 12.5. The molecule has 1 amide bonds. The van der Waals surface area contributed by atoms with E-state index in [1.807, 2.05) is 25.1 Å². The van der Waals surface area contributed by atoms with Gasteiger partial charge in [-0.25, -0.2) is 0 Å². The minimum absolute atomic E-state index is 0.0936. The first-order valence-corrected chi connectivity index (χ1v) is 9.00. The molecule has 1 atom stereocenters. The number of carbonyl (C=O) groups is 2. The van der Waals surface area contributed by atoms with Gasteiger partial charge in [-0.1, -0.05) is 55.8 Å². The highest BCUT2D eigenvalue weighted by Crippen LogP contribution is 2.27. The molecule has 138 valence electrons. The number of benzene rings is 2. The largest absolute Gasteiger partial charge is 0.452 e. The van der Waals surface area contributed by atoms with Crippen LogP contribution in [0.15, 0.2) is 42.5 Å². The normalized spacial score (nSPS) is 11.9. The number of ether oxygens (including phenoxy) is 1. The third-order valence-electron chi connectivity index (χ3n) is 4.11. The Morgan fingerprint density at radius 3 is 2.35 bits per heavy atom. The molecule has 0 bridgehead atoms. The number of aryl methyl sites for hydroxylation is 1. The van der Waals surface area contributed by atoms with Crippen molar-refractivity contribution < 1.29 is 14.3 Å². The Kier molecular flexibility index (Phi) is 6.81. The highest BCUT2D eigenvalue weighted by atomic mass is 35.5. The number of hydrogen-bond acceptors (Lipinski definition) is 3. The molecule has 0 radical (unpaired) electrons. The standard InChI is InChI=1S/C21H24ClNO3/c1-13(2)18-7-5-6-14(3)20(18)23-21(25)15(4)26-19(24)12-16-8-10-17(22)11-9-16/h5-11,13,15H,12H2,1-4H3,(H,23,25)/t15-/m0/s1. The number of para-hydroxylation sites is 1. The Morgan fingerprint density at radius 1 is 1.08 bits per heavy atom. The molecular formula is C21H24ClNO3. The molecule has 0 unspecified atom stereocenters. The second-order valence-corrected chi connectivity index (χ2v) is 7.05. The van der Waals surface area contributed by atoms with Gasteiger partial charge in [-0.05, 0) is 48.6 Å². The van der Waals surface area contributed by atoms with Gasteiger partial charge < -0.3 is 10.1 Å². The summed E-state index contributed by atoms with van der Waals surface area (Å²) in [6.45, 7) is 7.65. The van der Waals surface area contributed by atoms with E-state index in [-0.39, 0.29) is 18.2 Å². The molecule has 0 saturated heterocycles. The highest BCUT2D eigenvalue weighted by Gasteiger charge is 2.20. The molecule has 2 aromatic carbocycles. The van der Waals surface area contributed by atoms with Gasteiger partial charge in [-0.2, -0.15) is 0 Å². The van der Waals surface area contributed by atoms with Crippen LogP contribution in [0.5, 0.6) is 0 Å². The monoisotopic (exact) mass is 373 g/mol. The number of rotatable bonds is 6. The zero-order chi connectivity index (χ0) is 19.3. The second-order valence-electron chi connectivity index (χ2n) is 6.62. The molecule has 2 aromatic rings. The molecule has 0 aliphatic rings. The van der Waals surface area contributed by atoms with Crippen LogP contribution in [0.2, 0.25) is 5.02 Å². The Morgan fingerprint density at radius 2 is 1.73 bits per heavy atom. The lowest BCUT2D eigenvalue weighted by Crippen LogP contribution is -2.31. The van der Waals surface area contributed by atoms with Crippen LogP contribution >= 0.6 is 11.6 Å². The lowest BCUT2D eigenvalue weighted by atomic mass is 9.98. The third kappa shape index (κ3) is 5.33. The Bertz CT molecular complexity index is 784. The van der Waals surface area contributed by atoms with Crippen LogP contribution in [0.4, 0.5) is 5.69 Å². The van der Waals surface area contributed by atoms with Gasteiger partial charge in [0.05, 0.1) is 6.42 Å². The SMILES string of the molecule is Cc1cccc(C(C)C)c1NC(=O)[C@H](C)OC(=O)Cc1ccc(Cl)cc1. The van der Waals surface area contributed by atoms with E-state index >= 15 is 0 Å². The molecule has 0 aromatic heterocycles. The molecule has 4 nitrogen and oxygen atoms in total. The maximum Gasteiger partial charge on any atom is 0.311 e. The third-order valence-corrected chi connectivity index (χ3v) is 4.37. The van der Waals surface area contributed by atoms with Crippen LogP contribution in [-0.4, -0.2) is 18.0 Å². The van der Waals surface area contributed by atoms with Crippen molar-refractivity contribution >= 4 is 29.2 Å². The second kappa shape index (κ2) is 8.86. The van der Waals surface area contributed by atoms with Crippen molar-refractivity contribution in [2.45, 2.75) is 46.1 Å². The van der Waals surface area contributed by atoms with Crippen molar-refractivity contribution in [2.75, 3.05) is 5.32 Å². The summed E-state index contributed by atoms with van der Waals surface area (Å²) in [5.41, 5.74) is 3.60. The summed E-state index contributed by atoms with van der Waals surface area (Å²) in [5, 5.41) is 3.51. The Balaban J connectivity index is 1.99. The minimum Gasteiger partial charge on any atom is -0.452 e. The van der Waals surface area contributed by atoms with Crippen molar-refractivity contribution in [3.05, 3.63) is 64.2 Å². The van der Waals surface area contributed by atoms with Gasteiger partial charge in [0.2, 0.25) is 0 Å². The van der Waals surface area contributed by atoms with E-state index in [1.54, 1.807) is 31.2 Å². The smallest absolute Gasteiger partial charge is 0.311 e. The van der Waals surface area contributed by atoms with Crippen LogP contribution in [0.25, 0.3) is 0 Å². The summed E-state index contributed by atoms with van der Waals surface area (Å²) in [6, 6.07) is 12.9. The molecule has 0 heterocycles. The van der Waals surface area contributed by atoms with Crippen molar-refractivity contribution in [3.8, 4) is 0 Å². The zero-order valence-electron chi connectivity index (χ0n) is 15.5. The topological polar surface area (TPSA) is 55.4 Å². The Labute approximate surface area is 159 Å². The number of hydrogen-bond donors (Lipinski definition) is 1. The summed E-state index contributed by atoms with van der Waals surface area (Å²) in [5.74, 6) is -0.526. The summed E-state index contributed by atoms with van der Waals surface area (Å²) in [6.07, 6.45) is -0.787. The zero-order valence-corrected chi connectivity index (χ0v) is 16.3. The van der Waals surface area contributed by atoms with Crippen molar-refractivity contribution in [1.82, 2.24) is 0 Å². The molecule has 2 rings (SSSR count). The molecule has 26 heavy (non-hydrogen) atoms. The average molecular weight is 374 g/mol. The van der Waals surface area contributed by atoms with E-state index in [2.05, 4.69) is 19.2 Å². The predicted octanol–water partition coefficient (Wildman–Crippen LogP) is 4.88. The summed E-state index contributed by atoms with van der Waals surface area (Å²) >= 11 is 5.83. The quantitative estimate of drug-likeness (QED) is 0.734. The highest BCUT2D eigenvalue weighted by molar-refractivity contribution is 6.30. The van der Waals surface area contributed by atoms with Crippen LogP contribution in [0.3, 0.4) is 0 Å². The molecule has 0 spiro atoms. The van der Waals surface area contributed by atoms with E-state index in [1.165, 1.54) is 0 Å². The van der Waals surface area contributed by atoms with Crippen LogP contribution in [-0.2, 0) is 20.7 Å². The van der Waals surface area contributed by atoms with Crippen molar-refractivity contribution in [1.29, 1.82) is 0 Å². The van der Waals surface area contributed by atoms with E-state index in [4.69, 9.17) is 16.3 Å². The van der Waals surface area contributed by atoms with E-state index < -0.39 is 12.1 Å². The van der Waals surface area contributed by atoms with Gasteiger partial charge in [0.1, 0.15) is 0 Å². The first-order chi connectivity index (χ1) is 12.3. The fraction of sp³-hybridized carbons (Fsp3) is 0.333. The van der Waals surface area contributed by atoms with Gasteiger partial charge in [0.15, 0.2) is 6.10 Å². The molecule has 0 aliphatic heterocycles. The maximum atomic E-state index is 12.5. The van der Waals surface area contributed by atoms with Gasteiger partial charge >= 0.3 is 5.97 Å². The van der Waals surface area contributed by atoms with Gasteiger partial charge in [-0.15, -0.1) is 0 Å². The minimum atomic E-state index is -0.880. The lowest BCUT2D eigenvalue weighted by Gasteiger charge is -2.19. The summed E-state index contributed by atoms with van der Waals surface area (Å²) in [4.78, 5) is 24.5. The van der Waals surface area contributed by atoms with Crippen LogP contribution in [0.1, 0.15) is 43.4 Å². The number of esters is 1. The summed E-state index contributed by atoms with van der Waals surface area (Å²) < 4.78 is 5.27. The first-order valence-electron chi connectivity index (χ1n) is 8.62. The summed E-state index contributed by atoms with van der Waals surface area (Å²) in [7, 11) is 0. The van der Waals surface area contributed by atoms with Crippen LogP contribution < -0.4 is 5.32 Å². The molecule has 5 heteroatoms. The van der Waals surface area contributed by atoms with Crippen molar-refractivity contribution in [2.24, 2.45) is 0 Å². The van der Waals surface area contributed by atoms with Gasteiger partial charge in [0, 0.05) is 10.7 Å². The fourth-order valence-corrected chi connectivity index (χ4v) is 2.75. The van der Waals surface area contributed by atoms with Crippen molar-refractivity contribution in [3.63, 3.8) is 0 Å². The molecule has 0 aliphatic carbocycles. The molecule has 1 N–H and O–H groups in total. The van der Waals surface area contributed by atoms with E-state index in [0.717, 1.165) is 22.4 Å². The number of amides is 1. The fourth-order valence-electron chi connectivity index (χ4n) is 2.63. The van der Waals surface area contributed by atoms with E-state index in [0.29, 0.717) is 5.02 Å². The molecular weight excluding hydrogens is 350 g/mol.